The normalized spacial score (nSPS) is 10.3. The van der Waals surface area contributed by atoms with Gasteiger partial charge in [0.05, 0.1) is 0 Å². The molecule has 3 rings (SSSR count). The van der Waals surface area contributed by atoms with Crippen molar-refractivity contribution in [2.24, 2.45) is 0 Å². The Kier molecular flexibility index (Phi) is 6.00. The third-order valence-corrected chi connectivity index (χ3v) is 4.26. The van der Waals surface area contributed by atoms with E-state index in [0.717, 1.165) is 23.2 Å². The van der Waals surface area contributed by atoms with E-state index in [0.29, 0.717) is 12.1 Å². The van der Waals surface area contributed by atoms with Gasteiger partial charge >= 0.3 is 0 Å². The highest BCUT2D eigenvalue weighted by molar-refractivity contribution is 6.04. The second-order valence-electron chi connectivity index (χ2n) is 6.38. The lowest BCUT2D eigenvalue weighted by atomic mass is 10.0. The summed E-state index contributed by atoms with van der Waals surface area (Å²) < 4.78 is 0. The Morgan fingerprint density at radius 2 is 1.44 bits per heavy atom. The van der Waals surface area contributed by atoms with Gasteiger partial charge in [-0.25, -0.2) is 0 Å². The molecule has 3 aromatic rings. The van der Waals surface area contributed by atoms with E-state index < -0.39 is 0 Å². The standard InChI is InChI=1S/C23H22N2O2/c1-17(26)24-16-19-11-13-20(14-12-19)23(27)25-22-10-6-5-9-21(22)15-18-7-3-2-4-8-18/h2-14H,15-16H2,1H3,(H,24,26)(H,25,27). The lowest BCUT2D eigenvalue weighted by Gasteiger charge is -2.12. The minimum Gasteiger partial charge on any atom is -0.352 e. The zero-order valence-electron chi connectivity index (χ0n) is 15.2. The molecule has 0 aromatic heterocycles. The van der Waals surface area contributed by atoms with Crippen LogP contribution >= 0.6 is 0 Å². The zero-order chi connectivity index (χ0) is 19.1. The number of carbonyl (C=O) groups excluding carboxylic acids is 2. The number of nitrogens with one attached hydrogen (secondary N) is 2. The Balaban J connectivity index is 1.70. The van der Waals surface area contributed by atoms with Crippen LogP contribution in [-0.2, 0) is 17.8 Å². The molecule has 0 radical (unpaired) electrons. The third-order valence-electron chi connectivity index (χ3n) is 4.26. The quantitative estimate of drug-likeness (QED) is 0.695. The van der Waals surface area contributed by atoms with Crippen LogP contribution in [0, 0.1) is 0 Å². The van der Waals surface area contributed by atoms with E-state index in [2.05, 4.69) is 22.8 Å². The Morgan fingerprint density at radius 1 is 0.778 bits per heavy atom. The summed E-state index contributed by atoms with van der Waals surface area (Å²) >= 11 is 0. The molecule has 0 fully saturated rings. The van der Waals surface area contributed by atoms with E-state index in [1.54, 1.807) is 12.1 Å². The fourth-order valence-electron chi connectivity index (χ4n) is 2.81. The van der Waals surface area contributed by atoms with Gasteiger partial charge in [0.15, 0.2) is 0 Å². The summed E-state index contributed by atoms with van der Waals surface area (Å²) in [6.07, 6.45) is 0.757. The lowest BCUT2D eigenvalue weighted by molar-refractivity contribution is -0.119. The number of carbonyl (C=O) groups is 2. The number of amides is 2. The van der Waals surface area contributed by atoms with Crippen molar-refractivity contribution in [2.45, 2.75) is 19.9 Å². The Morgan fingerprint density at radius 3 is 2.15 bits per heavy atom. The van der Waals surface area contributed by atoms with Crippen LogP contribution in [-0.4, -0.2) is 11.8 Å². The molecule has 3 aromatic carbocycles. The second-order valence-corrected chi connectivity index (χ2v) is 6.38. The van der Waals surface area contributed by atoms with Crippen molar-refractivity contribution in [3.8, 4) is 0 Å². The van der Waals surface area contributed by atoms with E-state index in [4.69, 9.17) is 0 Å². The number of rotatable bonds is 6. The van der Waals surface area contributed by atoms with E-state index in [-0.39, 0.29) is 11.8 Å². The molecule has 0 aliphatic rings. The molecule has 0 unspecified atom stereocenters. The second kappa shape index (κ2) is 8.81. The van der Waals surface area contributed by atoms with Crippen LogP contribution in [0.2, 0.25) is 0 Å². The molecular formula is C23H22N2O2. The third kappa shape index (κ3) is 5.28. The molecule has 136 valence electrons. The van der Waals surface area contributed by atoms with Gasteiger partial charge in [-0.1, -0.05) is 60.7 Å². The molecule has 0 spiro atoms. The van der Waals surface area contributed by atoms with Crippen molar-refractivity contribution in [3.63, 3.8) is 0 Å². The first-order valence-electron chi connectivity index (χ1n) is 8.88. The Labute approximate surface area is 159 Å². The number of para-hydroxylation sites is 1. The Hall–Kier alpha value is -3.40. The van der Waals surface area contributed by atoms with Gasteiger partial charge < -0.3 is 10.6 Å². The topological polar surface area (TPSA) is 58.2 Å². The van der Waals surface area contributed by atoms with Gasteiger partial charge in [-0.2, -0.15) is 0 Å². The molecule has 0 atom stereocenters. The SMILES string of the molecule is CC(=O)NCc1ccc(C(=O)Nc2ccccc2Cc2ccccc2)cc1. The van der Waals surface area contributed by atoms with Gasteiger partial charge in [0, 0.05) is 24.7 Å². The van der Waals surface area contributed by atoms with Crippen LogP contribution in [0.1, 0.15) is 34.0 Å². The fourth-order valence-corrected chi connectivity index (χ4v) is 2.81. The average molecular weight is 358 g/mol. The van der Waals surface area contributed by atoms with Gasteiger partial charge in [-0.15, -0.1) is 0 Å². The smallest absolute Gasteiger partial charge is 0.255 e. The van der Waals surface area contributed by atoms with Crippen molar-refractivity contribution in [3.05, 3.63) is 101 Å². The van der Waals surface area contributed by atoms with Gasteiger partial charge in [0.25, 0.3) is 5.91 Å². The Bertz CT molecular complexity index is 919. The molecule has 4 heteroatoms. The molecule has 0 heterocycles. The van der Waals surface area contributed by atoms with Crippen molar-refractivity contribution >= 4 is 17.5 Å². The predicted molar refractivity (Wildman–Crippen MR) is 108 cm³/mol. The van der Waals surface area contributed by atoms with Crippen LogP contribution in [0.25, 0.3) is 0 Å². The first-order chi connectivity index (χ1) is 13.1. The first kappa shape index (κ1) is 18.4. The molecule has 0 saturated carbocycles. The van der Waals surface area contributed by atoms with Crippen molar-refractivity contribution < 1.29 is 9.59 Å². The van der Waals surface area contributed by atoms with E-state index in [9.17, 15) is 9.59 Å². The van der Waals surface area contributed by atoms with Crippen LogP contribution in [0.15, 0.2) is 78.9 Å². The lowest BCUT2D eigenvalue weighted by Crippen LogP contribution is -2.19. The van der Waals surface area contributed by atoms with Crippen LogP contribution in [0.4, 0.5) is 5.69 Å². The monoisotopic (exact) mass is 358 g/mol. The van der Waals surface area contributed by atoms with Crippen molar-refractivity contribution in [1.29, 1.82) is 0 Å². The fraction of sp³-hybridized carbons (Fsp3) is 0.130. The maximum atomic E-state index is 12.6. The van der Waals surface area contributed by atoms with Crippen LogP contribution in [0.3, 0.4) is 0 Å². The van der Waals surface area contributed by atoms with Gasteiger partial charge in [0.1, 0.15) is 0 Å². The summed E-state index contributed by atoms with van der Waals surface area (Å²) in [5, 5.41) is 5.75. The average Bonchev–Trinajstić information content (AvgIpc) is 2.69. The van der Waals surface area contributed by atoms with Gasteiger partial charge in [-0.3, -0.25) is 9.59 Å². The summed E-state index contributed by atoms with van der Waals surface area (Å²) in [5.41, 5.74) is 4.61. The largest absolute Gasteiger partial charge is 0.352 e. The van der Waals surface area contributed by atoms with E-state index >= 15 is 0 Å². The summed E-state index contributed by atoms with van der Waals surface area (Å²) in [6.45, 7) is 1.94. The minimum atomic E-state index is -0.151. The molecular weight excluding hydrogens is 336 g/mol. The summed E-state index contributed by atoms with van der Waals surface area (Å²) in [5.74, 6) is -0.228. The molecule has 0 saturated heterocycles. The van der Waals surface area contributed by atoms with Gasteiger partial charge in [-0.05, 0) is 41.3 Å². The van der Waals surface area contributed by atoms with Gasteiger partial charge in [0.2, 0.25) is 5.91 Å². The van der Waals surface area contributed by atoms with Crippen molar-refractivity contribution in [2.75, 3.05) is 5.32 Å². The summed E-state index contributed by atoms with van der Waals surface area (Å²) in [4.78, 5) is 23.6. The molecule has 2 amide bonds. The number of benzene rings is 3. The van der Waals surface area contributed by atoms with Crippen LogP contribution < -0.4 is 10.6 Å². The predicted octanol–water partition coefficient (Wildman–Crippen LogP) is 4.17. The molecule has 0 aliphatic carbocycles. The maximum Gasteiger partial charge on any atom is 0.255 e. The van der Waals surface area contributed by atoms with E-state index in [1.165, 1.54) is 12.5 Å². The first-order valence-corrected chi connectivity index (χ1v) is 8.88. The highest BCUT2D eigenvalue weighted by Gasteiger charge is 2.09. The van der Waals surface area contributed by atoms with Crippen molar-refractivity contribution in [1.82, 2.24) is 5.32 Å². The molecule has 0 bridgehead atoms. The minimum absolute atomic E-state index is 0.0770. The number of hydrogen-bond donors (Lipinski definition) is 2. The van der Waals surface area contributed by atoms with Crippen LogP contribution in [0.5, 0.6) is 0 Å². The molecule has 4 nitrogen and oxygen atoms in total. The zero-order valence-corrected chi connectivity index (χ0v) is 15.2. The number of anilines is 1. The molecule has 0 aliphatic heterocycles. The van der Waals surface area contributed by atoms with E-state index in [1.807, 2.05) is 54.6 Å². The summed E-state index contributed by atoms with van der Waals surface area (Å²) in [7, 11) is 0. The highest BCUT2D eigenvalue weighted by Crippen LogP contribution is 2.20. The maximum absolute atomic E-state index is 12.6. The number of hydrogen-bond acceptors (Lipinski definition) is 2. The molecule has 2 N–H and O–H groups in total. The molecule has 27 heavy (non-hydrogen) atoms. The summed E-state index contributed by atoms with van der Waals surface area (Å²) in [6, 6.07) is 25.2. The highest BCUT2D eigenvalue weighted by atomic mass is 16.2.